The molecule has 0 saturated carbocycles. The van der Waals surface area contributed by atoms with Crippen molar-refractivity contribution >= 4 is 5.91 Å². The zero-order valence-corrected chi connectivity index (χ0v) is 13.5. The Morgan fingerprint density at radius 1 is 1.00 bits per heavy atom. The van der Waals surface area contributed by atoms with E-state index in [0.29, 0.717) is 0 Å². The van der Waals surface area contributed by atoms with Crippen LogP contribution >= 0.6 is 0 Å². The van der Waals surface area contributed by atoms with Crippen LogP contribution in [0.15, 0.2) is 60.7 Å². The molecule has 0 spiro atoms. The lowest BCUT2D eigenvalue weighted by Crippen LogP contribution is -2.61. The van der Waals surface area contributed by atoms with Gasteiger partial charge in [-0.3, -0.25) is 9.69 Å². The van der Waals surface area contributed by atoms with Gasteiger partial charge in [0.2, 0.25) is 5.91 Å². The highest BCUT2D eigenvalue weighted by atomic mass is 16.1. The number of nitrogens with zero attached hydrogens (tertiary/aromatic N) is 2. The number of amides is 1. The van der Waals surface area contributed by atoms with Gasteiger partial charge >= 0.3 is 0 Å². The van der Waals surface area contributed by atoms with Crippen LogP contribution in [0.3, 0.4) is 0 Å². The van der Waals surface area contributed by atoms with Gasteiger partial charge in [-0.1, -0.05) is 60.7 Å². The van der Waals surface area contributed by atoms with Crippen molar-refractivity contribution in [2.24, 2.45) is 5.73 Å². The Labute approximate surface area is 137 Å². The maximum Gasteiger partial charge on any atom is 0.231 e. The summed E-state index contributed by atoms with van der Waals surface area (Å²) in [7, 11) is 2.13. The van der Waals surface area contributed by atoms with Crippen LogP contribution < -0.4 is 5.73 Å². The van der Waals surface area contributed by atoms with Crippen LogP contribution in [0.5, 0.6) is 0 Å². The van der Waals surface area contributed by atoms with Gasteiger partial charge in [0.15, 0.2) is 0 Å². The summed E-state index contributed by atoms with van der Waals surface area (Å²) in [6.07, 6.45) is 0. The van der Waals surface area contributed by atoms with Gasteiger partial charge in [-0.15, -0.1) is 0 Å². The van der Waals surface area contributed by atoms with Crippen molar-refractivity contribution in [1.29, 1.82) is 0 Å². The van der Waals surface area contributed by atoms with Crippen molar-refractivity contribution in [3.8, 4) is 0 Å². The van der Waals surface area contributed by atoms with Crippen LogP contribution in [0.2, 0.25) is 0 Å². The third-order valence-corrected chi connectivity index (χ3v) is 4.64. The predicted octanol–water partition coefficient (Wildman–Crippen LogP) is 1.66. The number of carbonyl (C=O) groups excluding carboxylic acids is 1. The van der Waals surface area contributed by atoms with E-state index in [2.05, 4.69) is 65.4 Å². The van der Waals surface area contributed by atoms with E-state index >= 15 is 0 Å². The van der Waals surface area contributed by atoms with Crippen molar-refractivity contribution in [2.45, 2.75) is 5.54 Å². The van der Waals surface area contributed by atoms with Crippen LogP contribution in [0.1, 0.15) is 11.1 Å². The lowest BCUT2D eigenvalue weighted by Gasteiger charge is -2.50. The highest BCUT2D eigenvalue weighted by Crippen LogP contribution is 2.38. The zero-order valence-electron chi connectivity index (χ0n) is 13.5. The molecule has 0 aliphatic carbocycles. The summed E-state index contributed by atoms with van der Waals surface area (Å²) in [6, 6.07) is 20.8. The quantitative estimate of drug-likeness (QED) is 0.934. The summed E-state index contributed by atoms with van der Waals surface area (Å²) >= 11 is 0. The Morgan fingerprint density at radius 3 is 2.00 bits per heavy atom. The largest absolute Gasteiger partial charge is 0.369 e. The Morgan fingerprint density at radius 2 is 1.52 bits per heavy atom. The Hall–Kier alpha value is -2.17. The first-order valence-electron chi connectivity index (χ1n) is 7.96. The van der Waals surface area contributed by atoms with E-state index in [0.717, 1.165) is 19.6 Å². The van der Waals surface area contributed by atoms with Crippen LogP contribution in [-0.4, -0.2) is 48.9 Å². The van der Waals surface area contributed by atoms with Crippen molar-refractivity contribution in [3.05, 3.63) is 71.8 Å². The zero-order chi connectivity index (χ0) is 16.3. The normalized spacial score (nSPS) is 18.7. The fraction of sp³-hybridized carbons (Fsp3) is 0.316. The van der Waals surface area contributed by atoms with Crippen molar-refractivity contribution < 1.29 is 4.79 Å². The smallest absolute Gasteiger partial charge is 0.231 e. The maximum absolute atomic E-state index is 11.7. The third-order valence-electron chi connectivity index (χ3n) is 4.64. The molecule has 4 nitrogen and oxygen atoms in total. The SMILES string of the molecule is CN1CCN(CC(N)=O)C(c2ccccc2)(c2ccccc2)C1. The Balaban J connectivity index is 2.17. The highest BCUT2D eigenvalue weighted by Gasteiger charge is 2.44. The molecule has 120 valence electrons. The number of primary amides is 1. The number of rotatable bonds is 4. The van der Waals surface area contributed by atoms with E-state index in [1.165, 1.54) is 11.1 Å². The molecule has 2 N–H and O–H groups in total. The van der Waals surface area contributed by atoms with Crippen LogP contribution in [0, 0.1) is 0 Å². The number of benzene rings is 2. The average molecular weight is 309 g/mol. The molecule has 1 amide bonds. The van der Waals surface area contributed by atoms with E-state index in [4.69, 9.17) is 5.73 Å². The molecule has 4 heteroatoms. The number of nitrogens with two attached hydrogens (primary N) is 1. The first-order chi connectivity index (χ1) is 11.1. The molecule has 2 aromatic carbocycles. The fourth-order valence-electron chi connectivity index (χ4n) is 3.60. The van der Waals surface area contributed by atoms with E-state index in [9.17, 15) is 4.79 Å². The third kappa shape index (κ3) is 3.00. The maximum atomic E-state index is 11.7. The monoisotopic (exact) mass is 309 g/mol. The molecule has 0 atom stereocenters. The highest BCUT2D eigenvalue weighted by molar-refractivity contribution is 5.76. The molecule has 1 saturated heterocycles. The molecular weight excluding hydrogens is 286 g/mol. The first kappa shape index (κ1) is 15.7. The van der Waals surface area contributed by atoms with Gasteiger partial charge in [0.05, 0.1) is 12.1 Å². The lowest BCUT2D eigenvalue weighted by atomic mass is 9.79. The van der Waals surface area contributed by atoms with Gasteiger partial charge in [-0.05, 0) is 18.2 Å². The molecule has 1 fully saturated rings. The molecule has 1 heterocycles. The minimum absolute atomic E-state index is 0.262. The lowest BCUT2D eigenvalue weighted by molar-refractivity contribution is -0.121. The second kappa shape index (κ2) is 6.52. The van der Waals surface area contributed by atoms with Crippen LogP contribution in [0.25, 0.3) is 0 Å². The molecule has 0 aromatic heterocycles. The molecule has 0 unspecified atom stereocenters. The topological polar surface area (TPSA) is 49.6 Å². The van der Waals surface area contributed by atoms with E-state index in [-0.39, 0.29) is 18.0 Å². The first-order valence-corrected chi connectivity index (χ1v) is 7.96. The molecule has 0 radical (unpaired) electrons. The average Bonchev–Trinajstić information content (AvgIpc) is 2.58. The second-order valence-electron chi connectivity index (χ2n) is 6.22. The van der Waals surface area contributed by atoms with Crippen molar-refractivity contribution in [3.63, 3.8) is 0 Å². The van der Waals surface area contributed by atoms with Crippen LogP contribution in [-0.2, 0) is 10.3 Å². The van der Waals surface area contributed by atoms with Gasteiger partial charge in [0.25, 0.3) is 0 Å². The van der Waals surface area contributed by atoms with Crippen LogP contribution in [0.4, 0.5) is 0 Å². The standard InChI is InChI=1S/C19H23N3O/c1-21-12-13-22(14-18(20)23)19(15-21,16-8-4-2-5-9-16)17-10-6-3-7-11-17/h2-11H,12-15H2,1H3,(H2,20,23). The number of hydrogen-bond donors (Lipinski definition) is 1. The molecular formula is C19H23N3O. The van der Waals surface area contributed by atoms with Gasteiger partial charge in [0.1, 0.15) is 0 Å². The van der Waals surface area contributed by atoms with Gasteiger partial charge in [-0.2, -0.15) is 0 Å². The number of carbonyl (C=O) groups is 1. The summed E-state index contributed by atoms with van der Waals surface area (Å²) in [5.74, 6) is -0.286. The Kier molecular flexibility index (Phi) is 4.46. The number of hydrogen-bond acceptors (Lipinski definition) is 3. The summed E-state index contributed by atoms with van der Waals surface area (Å²) in [6.45, 7) is 2.82. The summed E-state index contributed by atoms with van der Waals surface area (Å²) < 4.78 is 0. The van der Waals surface area contributed by atoms with Gasteiger partial charge < -0.3 is 10.6 Å². The van der Waals surface area contributed by atoms with E-state index < -0.39 is 0 Å². The minimum Gasteiger partial charge on any atom is -0.369 e. The van der Waals surface area contributed by atoms with Crippen molar-refractivity contribution in [1.82, 2.24) is 9.80 Å². The summed E-state index contributed by atoms with van der Waals surface area (Å²) in [4.78, 5) is 16.2. The molecule has 1 aliphatic rings. The molecule has 23 heavy (non-hydrogen) atoms. The second-order valence-corrected chi connectivity index (χ2v) is 6.22. The Bertz CT molecular complexity index is 617. The van der Waals surface area contributed by atoms with Gasteiger partial charge in [-0.25, -0.2) is 0 Å². The predicted molar refractivity (Wildman–Crippen MR) is 91.9 cm³/mol. The number of likely N-dealkylation sites (N-methyl/N-ethyl adjacent to an activating group) is 1. The fourth-order valence-corrected chi connectivity index (χ4v) is 3.60. The van der Waals surface area contributed by atoms with E-state index in [1.807, 2.05) is 12.1 Å². The summed E-state index contributed by atoms with van der Waals surface area (Å²) in [5.41, 5.74) is 7.57. The summed E-state index contributed by atoms with van der Waals surface area (Å²) in [5, 5.41) is 0. The molecule has 0 bridgehead atoms. The van der Waals surface area contributed by atoms with E-state index in [1.54, 1.807) is 0 Å². The van der Waals surface area contributed by atoms with Gasteiger partial charge in [0, 0.05) is 19.6 Å². The molecule has 1 aliphatic heterocycles. The number of piperazine rings is 1. The molecule has 2 aromatic rings. The molecule has 3 rings (SSSR count). The van der Waals surface area contributed by atoms with Crippen molar-refractivity contribution in [2.75, 3.05) is 33.2 Å². The minimum atomic E-state index is -0.357.